The lowest BCUT2D eigenvalue weighted by molar-refractivity contribution is 0.893. The number of nitrogens with zero attached hydrogens (tertiary/aromatic N) is 1. The van der Waals surface area contributed by atoms with Crippen LogP contribution in [0.25, 0.3) is 0 Å². The molecule has 0 saturated carbocycles. The van der Waals surface area contributed by atoms with Gasteiger partial charge in [-0.15, -0.1) is 0 Å². The van der Waals surface area contributed by atoms with Crippen molar-refractivity contribution in [2.45, 2.75) is 6.92 Å². The quantitative estimate of drug-likeness (QED) is 0.498. The molecule has 0 N–H and O–H groups in total. The van der Waals surface area contributed by atoms with Gasteiger partial charge in [0.1, 0.15) is 0 Å². The zero-order valence-electron chi connectivity index (χ0n) is 5.59. The van der Waals surface area contributed by atoms with Gasteiger partial charge in [0.15, 0.2) is 0 Å². The highest BCUT2D eigenvalue weighted by Crippen LogP contribution is 1.97. The minimum Gasteiger partial charge on any atom is -0.357 e. The van der Waals surface area contributed by atoms with Gasteiger partial charge in [0.2, 0.25) is 0 Å². The second-order valence-corrected chi connectivity index (χ2v) is 2.60. The summed E-state index contributed by atoms with van der Waals surface area (Å²) in [6.45, 7) is 2.02. The maximum absolute atomic E-state index is 5.00. The topological polar surface area (TPSA) is 4.93 Å². The van der Waals surface area contributed by atoms with Crippen LogP contribution in [0, 0.1) is 11.4 Å². The zero-order chi connectivity index (χ0) is 6.85. The molecule has 0 spiro atoms. The van der Waals surface area contributed by atoms with Crippen LogP contribution < -0.4 is 0 Å². The first-order valence-electron chi connectivity index (χ1n) is 2.83. The summed E-state index contributed by atoms with van der Waals surface area (Å²) in [7, 11) is 1.99. The van der Waals surface area contributed by atoms with Gasteiger partial charge in [-0.3, -0.25) is 0 Å². The molecule has 0 atom stereocenters. The van der Waals surface area contributed by atoms with Gasteiger partial charge in [-0.2, -0.15) is 0 Å². The van der Waals surface area contributed by atoms with Crippen molar-refractivity contribution < 1.29 is 0 Å². The first-order chi connectivity index (χ1) is 4.20. The van der Waals surface area contributed by atoms with Crippen LogP contribution in [0.15, 0.2) is 18.5 Å². The van der Waals surface area contributed by atoms with E-state index in [4.69, 9.17) is 12.2 Å². The first-order valence-corrected chi connectivity index (χ1v) is 3.24. The average Bonchev–Trinajstić information content (AvgIpc) is 1.80. The zero-order valence-corrected chi connectivity index (χ0v) is 6.40. The molecule has 1 aromatic heterocycles. The monoisotopic (exact) mass is 139 g/mol. The Morgan fingerprint density at radius 3 is 2.67 bits per heavy atom. The number of aryl methyl sites for hydroxylation is 2. The van der Waals surface area contributed by atoms with Gasteiger partial charge in [0.25, 0.3) is 0 Å². The number of aromatic nitrogens is 1. The van der Waals surface area contributed by atoms with Crippen LogP contribution in [-0.2, 0) is 7.05 Å². The second kappa shape index (κ2) is 2.31. The molecular weight excluding hydrogens is 130 g/mol. The van der Waals surface area contributed by atoms with Crippen LogP contribution in [0.2, 0.25) is 0 Å². The summed E-state index contributed by atoms with van der Waals surface area (Å²) < 4.78 is 2.93. The van der Waals surface area contributed by atoms with Crippen molar-refractivity contribution in [2.75, 3.05) is 0 Å². The van der Waals surface area contributed by atoms with Crippen LogP contribution in [0.5, 0.6) is 0 Å². The fraction of sp³-hybridized carbons (Fsp3) is 0.286. The number of rotatable bonds is 0. The van der Waals surface area contributed by atoms with Gasteiger partial charge in [-0.1, -0.05) is 12.2 Å². The largest absolute Gasteiger partial charge is 0.357 e. The summed E-state index contributed by atoms with van der Waals surface area (Å²) in [5, 5.41) is 0. The summed E-state index contributed by atoms with van der Waals surface area (Å²) in [6, 6.07) is 1.94. The van der Waals surface area contributed by atoms with Gasteiger partial charge >= 0.3 is 0 Å². The van der Waals surface area contributed by atoms with Crippen molar-refractivity contribution in [3.05, 3.63) is 28.5 Å². The summed E-state index contributed by atoms with van der Waals surface area (Å²) in [5.74, 6) is 0. The second-order valence-electron chi connectivity index (χ2n) is 2.16. The Labute approximate surface area is 59.9 Å². The smallest absolute Gasteiger partial charge is 0.0435 e. The third-order valence-electron chi connectivity index (χ3n) is 1.25. The maximum Gasteiger partial charge on any atom is 0.0435 e. The Kier molecular flexibility index (Phi) is 1.67. The predicted octanol–water partition coefficient (Wildman–Crippen LogP) is 2.06. The van der Waals surface area contributed by atoms with Crippen LogP contribution in [0.3, 0.4) is 0 Å². The molecule has 0 aliphatic rings. The molecule has 1 nitrogen and oxygen atoms in total. The standard InChI is InChI=1S/C7H9NS/c1-6-5-8(2)4-3-7(6)9/h3-5H,1-2H3. The van der Waals surface area contributed by atoms with E-state index in [1.54, 1.807) is 0 Å². The van der Waals surface area contributed by atoms with Crippen LogP contribution in [0.1, 0.15) is 5.56 Å². The third-order valence-corrected chi connectivity index (χ3v) is 1.71. The molecular formula is C7H9NS. The Morgan fingerprint density at radius 1 is 1.56 bits per heavy atom. The van der Waals surface area contributed by atoms with Crippen molar-refractivity contribution in [1.82, 2.24) is 4.57 Å². The van der Waals surface area contributed by atoms with Crippen LogP contribution in [0.4, 0.5) is 0 Å². The highest BCUT2D eigenvalue weighted by molar-refractivity contribution is 7.71. The van der Waals surface area contributed by atoms with E-state index in [0.717, 1.165) is 10.1 Å². The van der Waals surface area contributed by atoms with E-state index < -0.39 is 0 Å². The fourth-order valence-corrected chi connectivity index (χ4v) is 0.842. The van der Waals surface area contributed by atoms with Gasteiger partial charge in [0, 0.05) is 24.0 Å². The SMILES string of the molecule is Cc1cn(C)ccc1=S. The van der Waals surface area contributed by atoms with E-state index in [9.17, 15) is 0 Å². The molecule has 0 bridgehead atoms. The molecule has 0 aliphatic heterocycles. The minimum absolute atomic E-state index is 0.938. The van der Waals surface area contributed by atoms with Crippen molar-refractivity contribution in [3.63, 3.8) is 0 Å². The third kappa shape index (κ3) is 1.39. The van der Waals surface area contributed by atoms with Crippen molar-refractivity contribution in [2.24, 2.45) is 7.05 Å². The summed E-state index contributed by atoms with van der Waals surface area (Å²) >= 11 is 5.00. The van der Waals surface area contributed by atoms with Crippen molar-refractivity contribution in [3.8, 4) is 0 Å². The van der Waals surface area contributed by atoms with Crippen molar-refractivity contribution in [1.29, 1.82) is 0 Å². The van der Waals surface area contributed by atoms with Gasteiger partial charge in [-0.25, -0.2) is 0 Å². The normalized spacial score (nSPS) is 9.56. The number of hydrogen-bond donors (Lipinski definition) is 0. The molecule has 0 amide bonds. The molecule has 2 heteroatoms. The Bertz CT molecular complexity index is 262. The van der Waals surface area contributed by atoms with Crippen molar-refractivity contribution >= 4 is 12.2 Å². The van der Waals surface area contributed by atoms with E-state index in [1.165, 1.54) is 0 Å². The Morgan fingerprint density at radius 2 is 2.22 bits per heavy atom. The highest BCUT2D eigenvalue weighted by Gasteiger charge is 1.84. The lowest BCUT2D eigenvalue weighted by atomic mass is 10.3. The highest BCUT2D eigenvalue weighted by atomic mass is 32.1. The van der Waals surface area contributed by atoms with Crippen LogP contribution in [-0.4, -0.2) is 4.57 Å². The molecule has 1 rings (SSSR count). The molecule has 0 aromatic carbocycles. The molecule has 0 fully saturated rings. The molecule has 9 heavy (non-hydrogen) atoms. The fourth-order valence-electron chi connectivity index (χ4n) is 0.729. The Balaban J connectivity index is 3.34. The summed E-state index contributed by atoms with van der Waals surface area (Å²) in [5.41, 5.74) is 1.16. The molecule has 1 heterocycles. The molecule has 0 unspecified atom stereocenters. The molecule has 48 valence electrons. The lowest BCUT2D eigenvalue weighted by Gasteiger charge is -1.96. The summed E-state index contributed by atoms with van der Waals surface area (Å²) in [4.78, 5) is 0. The van der Waals surface area contributed by atoms with E-state index >= 15 is 0 Å². The van der Waals surface area contributed by atoms with E-state index in [2.05, 4.69) is 0 Å². The number of pyridine rings is 1. The average molecular weight is 139 g/mol. The molecule has 0 saturated heterocycles. The predicted molar refractivity (Wildman–Crippen MR) is 41.0 cm³/mol. The van der Waals surface area contributed by atoms with E-state index in [-0.39, 0.29) is 0 Å². The van der Waals surface area contributed by atoms with Gasteiger partial charge in [0.05, 0.1) is 0 Å². The van der Waals surface area contributed by atoms with Gasteiger partial charge < -0.3 is 4.57 Å². The maximum atomic E-state index is 5.00. The van der Waals surface area contributed by atoms with E-state index in [0.29, 0.717) is 0 Å². The van der Waals surface area contributed by atoms with E-state index in [1.807, 2.05) is 37.0 Å². The van der Waals surface area contributed by atoms with Crippen LogP contribution >= 0.6 is 12.2 Å². The molecule has 0 radical (unpaired) electrons. The first kappa shape index (κ1) is 6.49. The minimum atomic E-state index is 0.938. The Hall–Kier alpha value is -0.630. The molecule has 1 aromatic rings. The molecule has 0 aliphatic carbocycles. The summed E-state index contributed by atoms with van der Waals surface area (Å²) in [6.07, 6.45) is 3.97. The lowest BCUT2D eigenvalue weighted by Crippen LogP contribution is -1.88. The number of hydrogen-bond acceptors (Lipinski definition) is 1. The van der Waals surface area contributed by atoms with Gasteiger partial charge in [-0.05, 0) is 18.6 Å².